The van der Waals surface area contributed by atoms with Gasteiger partial charge in [0.05, 0.1) is 18.6 Å². The zero-order valence-corrected chi connectivity index (χ0v) is 11.9. The smallest absolute Gasteiger partial charge is 0.312 e. The highest BCUT2D eigenvalue weighted by Gasteiger charge is 2.21. The summed E-state index contributed by atoms with van der Waals surface area (Å²) in [4.78, 5) is 13.4. The molecule has 4 heteroatoms. The Hall–Kier alpha value is -1.39. The number of ether oxygens (including phenoxy) is 1. The Morgan fingerprint density at radius 2 is 1.95 bits per heavy atom. The molecular weight excluding hydrogens is 242 g/mol. The Labute approximate surface area is 115 Å². The van der Waals surface area contributed by atoms with Crippen molar-refractivity contribution in [3.63, 3.8) is 0 Å². The topological polar surface area (TPSA) is 49.8 Å². The zero-order chi connectivity index (χ0) is 14.3. The second-order valence-corrected chi connectivity index (χ2v) is 4.98. The first-order chi connectivity index (χ1) is 9.00. The van der Waals surface area contributed by atoms with Crippen molar-refractivity contribution < 1.29 is 14.6 Å². The molecule has 0 spiro atoms. The molecule has 1 aromatic rings. The second-order valence-electron chi connectivity index (χ2n) is 4.98. The molecule has 1 rings (SSSR count). The summed E-state index contributed by atoms with van der Waals surface area (Å²) in [6, 6.07) is 9.34. The first kappa shape index (κ1) is 15.7. The number of nitrogens with zero attached hydrogens (tertiary/aromatic N) is 1. The van der Waals surface area contributed by atoms with E-state index < -0.39 is 11.9 Å². The molecular formula is C15H23NO3. The maximum absolute atomic E-state index is 11.4. The third kappa shape index (κ3) is 5.85. The zero-order valence-electron chi connectivity index (χ0n) is 11.9. The second kappa shape index (κ2) is 7.92. The Morgan fingerprint density at radius 3 is 2.47 bits per heavy atom. The van der Waals surface area contributed by atoms with Crippen LogP contribution in [0, 0.1) is 0 Å². The van der Waals surface area contributed by atoms with Gasteiger partial charge in [0.25, 0.3) is 0 Å². The fourth-order valence-electron chi connectivity index (χ4n) is 1.86. The van der Waals surface area contributed by atoms with E-state index in [1.165, 1.54) is 0 Å². The van der Waals surface area contributed by atoms with Gasteiger partial charge in [-0.1, -0.05) is 30.3 Å². The van der Waals surface area contributed by atoms with Crippen LogP contribution in [-0.4, -0.2) is 48.8 Å². The van der Waals surface area contributed by atoms with Gasteiger partial charge in [-0.15, -0.1) is 0 Å². The predicted molar refractivity (Wildman–Crippen MR) is 75.4 cm³/mol. The Morgan fingerprint density at radius 1 is 1.32 bits per heavy atom. The van der Waals surface area contributed by atoms with Crippen LogP contribution >= 0.6 is 0 Å². The number of hydrogen-bond acceptors (Lipinski definition) is 3. The van der Waals surface area contributed by atoms with Gasteiger partial charge in [0.1, 0.15) is 0 Å². The molecule has 0 aromatic heterocycles. The maximum Gasteiger partial charge on any atom is 0.312 e. The van der Waals surface area contributed by atoms with E-state index in [1.54, 1.807) is 0 Å². The normalized spacial score (nSPS) is 12.9. The van der Waals surface area contributed by atoms with Gasteiger partial charge < -0.3 is 14.7 Å². The largest absolute Gasteiger partial charge is 0.481 e. The Kier molecular flexibility index (Phi) is 6.53. The van der Waals surface area contributed by atoms with Gasteiger partial charge in [-0.05, 0) is 26.5 Å². The molecule has 0 aliphatic carbocycles. The number of aliphatic carboxylic acids is 1. The number of hydrogen-bond donors (Lipinski definition) is 1. The van der Waals surface area contributed by atoms with Crippen LogP contribution < -0.4 is 0 Å². The molecule has 1 aromatic carbocycles. The third-order valence-corrected chi connectivity index (χ3v) is 2.92. The van der Waals surface area contributed by atoms with Crippen LogP contribution in [0.5, 0.6) is 0 Å². The molecule has 0 saturated heterocycles. The van der Waals surface area contributed by atoms with Crippen LogP contribution in [0.4, 0.5) is 0 Å². The number of carboxylic acid groups (broad SMARTS) is 1. The molecule has 4 nitrogen and oxygen atoms in total. The van der Waals surface area contributed by atoms with Crippen molar-refractivity contribution >= 4 is 5.97 Å². The molecule has 0 fully saturated rings. The highest BCUT2D eigenvalue weighted by molar-refractivity contribution is 5.76. The van der Waals surface area contributed by atoms with E-state index >= 15 is 0 Å². The summed E-state index contributed by atoms with van der Waals surface area (Å²) in [7, 11) is 1.92. The van der Waals surface area contributed by atoms with E-state index in [9.17, 15) is 9.90 Å². The maximum atomic E-state index is 11.4. The van der Waals surface area contributed by atoms with Crippen LogP contribution in [0.25, 0.3) is 0 Å². The number of rotatable bonds is 8. The molecule has 0 heterocycles. The van der Waals surface area contributed by atoms with Gasteiger partial charge in [-0.2, -0.15) is 0 Å². The SMILES string of the molecule is CC(C)OCCN(C)CC(C(=O)O)c1ccccc1. The van der Waals surface area contributed by atoms with Crippen LogP contribution in [0.2, 0.25) is 0 Å². The predicted octanol–water partition coefficient (Wildman–Crippen LogP) is 2.21. The van der Waals surface area contributed by atoms with Gasteiger partial charge >= 0.3 is 5.97 Å². The van der Waals surface area contributed by atoms with Crippen LogP contribution in [0.3, 0.4) is 0 Å². The summed E-state index contributed by atoms with van der Waals surface area (Å²) in [6.45, 7) is 5.82. The standard InChI is InChI=1S/C15H23NO3/c1-12(2)19-10-9-16(3)11-14(15(17)18)13-7-5-4-6-8-13/h4-8,12,14H,9-11H2,1-3H3,(H,17,18). The van der Waals surface area contributed by atoms with E-state index in [4.69, 9.17) is 4.74 Å². The van der Waals surface area contributed by atoms with Crippen LogP contribution in [-0.2, 0) is 9.53 Å². The van der Waals surface area contributed by atoms with Crippen LogP contribution in [0.1, 0.15) is 25.3 Å². The van der Waals surface area contributed by atoms with Gasteiger partial charge in [-0.3, -0.25) is 4.79 Å². The minimum atomic E-state index is -0.789. The molecule has 0 aliphatic heterocycles. The average Bonchev–Trinajstić information content (AvgIpc) is 2.36. The first-order valence-electron chi connectivity index (χ1n) is 6.58. The van der Waals surface area contributed by atoms with E-state index in [1.807, 2.05) is 56.1 Å². The molecule has 1 atom stereocenters. The molecule has 0 aliphatic rings. The van der Waals surface area contributed by atoms with Gasteiger partial charge in [0.2, 0.25) is 0 Å². The molecule has 19 heavy (non-hydrogen) atoms. The number of benzene rings is 1. The van der Waals surface area contributed by atoms with Crippen molar-refractivity contribution in [2.75, 3.05) is 26.7 Å². The van der Waals surface area contributed by atoms with Crippen molar-refractivity contribution in [3.8, 4) is 0 Å². The molecule has 0 radical (unpaired) electrons. The van der Waals surface area contributed by atoms with E-state index in [2.05, 4.69) is 0 Å². The quantitative estimate of drug-likeness (QED) is 0.783. The molecule has 0 amide bonds. The molecule has 1 N–H and O–H groups in total. The van der Waals surface area contributed by atoms with Gasteiger partial charge in [0.15, 0.2) is 0 Å². The molecule has 1 unspecified atom stereocenters. The summed E-state index contributed by atoms with van der Waals surface area (Å²) in [5.41, 5.74) is 0.839. The molecule has 106 valence electrons. The van der Waals surface area contributed by atoms with Crippen molar-refractivity contribution in [2.45, 2.75) is 25.9 Å². The molecule has 0 saturated carbocycles. The lowest BCUT2D eigenvalue weighted by Gasteiger charge is -2.22. The van der Waals surface area contributed by atoms with E-state index in [0.29, 0.717) is 13.2 Å². The lowest BCUT2D eigenvalue weighted by atomic mass is 9.99. The Bertz CT molecular complexity index is 378. The lowest BCUT2D eigenvalue weighted by Crippen LogP contribution is -2.31. The summed E-state index contributed by atoms with van der Waals surface area (Å²) >= 11 is 0. The first-order valence-corrected chi connectivity index (χ1v) is 6.58. The highest BCUT2D eigenvalue weighted by Crippen LogP contribution is 2.16. The minimum Gasteiger partial charge on any atom is -0.481 e. The minimum absolute atomic E-state index is 0.206. The lowest BCUT2D eigenvalue weighted by molar-refractivity contribution is -0.139. The summed E-state index contributed by atoms with van der Waals surface area (Å²) < 4.78 is 5.47. The van der Waals surface area contributed by atoms with E-state index in [0.717, 1.165) is 12.1 Å². The van der Waals surface area contributed by atoms with Crippen molar-refractivity contribution in [2.24, 2.45) is 0 Å². The third-order valence-electron chi connectivity index (χ3n) is 2.92. The number of carbonyl (C=O) groups is 1. The number of likely N-dealkylation sites (N-methyl/N-ethyl adjacent to an activating group) is 1. The summed E-state index contributed by atoms with van der Waals surface area (Å²) in [6.07, 6.45) is 0.206. The number of carboxylic acids is 1. The fraction of sp³-hybridized carbons (Fsp3) is 0.533. The van der Waals surface area contributed by atoms with Crippen molar-refractivity contribution in [1.29, 1.82) is 0 Å². The van der Waals surface area contributed by atoms with Crippen molar-refractivity contribution in [3.05, 3.63) is 35.9 Å². The summed E-state index contributed by atoms with van der Waals surface area (Å²) in [5.74, 6) is -1.28. The Balaban J connectivity index is 2.53. The van der Waals surface area contributed by atoms with Crippen LogP contribution in [0.15, 0.2) is 30.3 Å². The van der Waals surface area contributed by atoms with Crippen molar-refractivity contribution in [1.82, 2.24) is 4.90 Å². The average molecular weight is 265 g/mol. The fourth-order valence-corrected chi connectivity index (χ4v) is 1.86. The van der Waals surface area contributed by atoms with E-state index in [-0.39, 0.29) is 6.10 Å². The van der Waals surface area contributed by atoms with Gasteiger partial charge in [-0.25, -0.2) is 0 Å². The van der Waals surface area contributed by atoms with Gasteiger partial charge in [0, 0.05) is 13.1 Å². The highest BCUT2D eigenvalue weighted by atomic mass is 16.5. The summed E-state index contributed by atoms with van der Waals surface area (Å²) in [5, 5.41) is 9.33. The monoisotopic (exact) mass is 265 g/mol. The molecule has 0 bridgehead atoms.